The number of likely N-dealkylation sites (tertiary alicyclic amines) is 1. The topological polar surface area (TPSA) is 45.5 Å². The van der Waals surface area contributed by atoms with Crippen LogP contribution in [0.1, 0.15) is 16.8 Å². The number of hydrogen-bond donors (Lipinski definition) is 1. The molecule has 1 aliphatic rings. The number of carbonyl (C=O) groups excluding carboxylic acids is 1. The first-order chi connectivity index (χ1) is 7.31. The van der Waals surface area contributed by atoms with Crippen LogP contribution in [0.15, 0.2) is 23.0 Å². The van der Waals surface area contributed by atoms with Crippen LogP contribution in [-0.4, -0.2) is 37.5 Å². The summed E-state index contributed by atoms with van der Waals surface area (Å²) in [7, 11) is 1.94. The second-order valence-electron chi connectivity index (χ2n) is 3.98. The van der Waals surface area contributed by atoms with Crippen molar-refractivity contribution < 1.29 is 9.21 Å². The SMILES string of the molecule is CNCC1CCN(C(=O)c2ccoc2)C1. The molecule has 1 fully saturated rings. The molecule has 1 saturated heterocycles. The number of nitrogens with one attached hydrogen (secondary N) is 1. The van der Waals surface area contributed by atoms with E-state index >= 15 is 0 Å². The van der Waals surface area contributed by atoms with Gasteiger partial charge < -0.3 is 14.6 Å². The van der Waals surface area contributed by atoms with E-state index < -0.39 is 0 Å². The van der Waals surface area contributed by atoms with E-state index in [9.17, 15) is 4.79 Å². The Morgan fingerprint density at radius 1 is 1.73 bits per heavy atom. The summed E-state index contributed by atoms with van der Waals surface area (Å²) in [4.78, 5) is 13.8. The largest absolute Gasteiger partial charge is 0.472 e. The van der Waals surface area contributed by atoms with Crippen molar-refractivity contribution in [1.29, 1.82) is 0 Å². The molecule has 2 heterocycles. The Bertz CT molecular complexity index is 321. The molecule has 0 radical (unpaired) electrons. The van der Waals surface area contributed by atoms with Gasteiger partial charge in [-0.3, -0.25) is 4.79 Å². The monoisotopic (exact) mass is 208 g/mol. The predicted octanol–water partition coefficient (Wildman–Crippen LogP) is 0.961. The molecule has 1 N–H and O–H groups in total. The number of nitrogens with zero attached hydrogens (tertiary/aromatic N) is 1. The van der Waals surface area contributed by atoms with E-state index in [0.717, 1.165) is 26.1 Å². The molecule has 15 heavy (non-hydrogen) atoms. The van der Waals surface area contributed by atoms with Gasteiger partial charge in [-0.15, -0.1) is 0 Å². The lowest BCUT2D eigenvalue weighted by Gasteiger charge is -2.15. The smallest absolute Gasteiger partial charge is 0.257 e. The van der Waals surface area contributed by atoms with Gasteiger partial charge in [0.25, 0.3) is 5.91 Å². The first-order valence-corrected chi connectivity index (χ1v) is 5.27. The predicted molar refractivity (Wildman–Crippen MR) is 56.6 cm³/mol. The third-order valence-electron chi connectivity index (χ3n) is 2.83. The average Bonchev–Trinajstić information content (AvgIpc) is 2.87. The average molecular weight is 208 g/mol. The molecule has 1 aromatic heterocycles. The summed E-state index contributed by atoms with van der Waals surface area (Å²) in [5.41, 5.74) is 0.653. The molecule has 0 spiro atoms. The summed E-state index contributed by atoms with van der Waals surface area (Å²) in [6.07, 6.45) is 4.13. The van der Waals surface area contributed by atoms with Crippen LogP contribution in [0.4, 0.5) is 0 Å². The van der Waals surface area contributed by atoms with Crippen molar-refractivity contribution in [2.24, 2.45) is 5.92 Å². The Hall–Kier alpha value is -1.29. The second kappa shape index (κ2) is 4.49. The minimum Gasteiger partial charge on any atom is -0.472 e. The van der Waals surface area contributed by atoms with Gasteiger partial charge in [-0.1, -0.05) is 0 Å². The fraction of sp³-hybridized carbons (Fsp3) is 0.545. The molecule has 0 aromatic carbocycles. The number of rotatable bonds is 3. The summed E-state index contributed by atoms with van der Waals surface area (Å²) in [5.74, 6) is 0.674. The van der Waals surface area contributed by atoms with Gasteiger partial charge in [-0.2, -0.15) is 0 Å². The number of amides is 1. The molecular weight excluding hydrogens is 192 g/mol. The fourth-order valence-corrected chi connectivity index (χ4v) is 2.04. The first-order valence-electron chi connectivity index (χ1n) is 5.27. The van der Waals surface area contributed by atoms with Crippen molar-refractivity contribution in [2.75, 3.05) is 26.7 Å². The lowest BCUT2D eigenvalue weighted by Crippen LogP contribution is -2.30. The maximum Gasteiger partial charge on any atom is 0.257 e. The molecule has 1 aromatic rings. The van der Waals surface area contributed by atoms with Crippen LogP contribution >= 0.6 is 0 Å². The molecule has 1 amide bonds. The van der Waals surface area contributed by atoms with Crippen LogP contribution in [0, 0.1) is 5.92 Å². The van der Waals surface area contributed by atoms with Gasteiger partial charge in [0.05, 0.1) is 11.8 Å². The maximum absolute atomic E-state index is 11.9. The van der Waals surface area contributed by atoms with E-state index in [0.29, 0.717) is 11.5 Å². The highest BCUT2D eigenvalue weighted by Gasteiger charge is 2.26. The van der Waals surface area contributed by atoms with E-state index in [1.165, 1.54) is 12.5 Å². The van der Waals surface area contributed by atoms with Crippen LogP contribution in [0.3, 0.4) is 0 Å². The number of furan rings is 1. The van der Waals surface area contributed by atoms with E-state index in [1.54, 1.807) is 6.07 Å². The molecule has 4 heteroatoms. The number of carbonyl (C=O) groups is 1. The third kappa shape index (κ3) is 2.21. The Balaban J connectivity index is 1.93. The van der Waals surface area contributed by atoms with Gasteiger partial charge in [0.1, 0.15) is 6.26 Å². The van der Waals surface area contributed by atoms with Gasteiger partial charge >= 0.3 is 0 Å². The van der Waals surface area contributed by atoms with Gasteiger partial charge in [-0.05, 0) is 32.0 Å². The number of hydrogen-bond acceptors (Lipinski definition) is 3. The lowest BCUT2D eigenvalue weighted by atomic mass is 10.1. The van der Waals surface area contributed by atoms with E-state index in [1.807, 2.05) is 11.9 Å². The standard InChI is InChI=1S/C11H16N2O2/c1-12-6-9-2-4-13(7-9)11(14)10-3-5-15-8-10/h3,5,8-9,12H,2,4,6-7H2,1H3. The second-order valence-corrected chi connectivity index (χ2v) is 3.98. The van der Waals surface area contributed by atoms with Crippen LogP contribution in [0.5, 0.6) is 0 Å². The van der Waals surface area contributed by atoms with Crippen LogP contribution in [0.25, 0.3) is 0 Å². The summed E-state index contributed by atoms with van der Waals surface area (Å²) < 4.78 is 4.91. The Morgan fingerprint density at radius 2 is 2.60 bits per heavy atom. The minimum atomic E-state index is 0.0855. The summed E-state index contributed by atoms with van der Waals surface area (Å²) in [5, 5.41) is 3.15. The van der Waals surface area contributed by atoms with Crippen LogP contribution in [-0.2, 0) is 0 Å². The Kier molecular flexibility index (Phi) is 3.06. The Morgan fingerprint density at radius 3 is 3.27 bits per heavy atom. The molecule has 1 aliphatic heterocycles. The van der Waals surface area contributed by atoms with E-state index in [-0.39, 0.29) is 5.91 Å². The van der Waals surface area contributed by atoms with E-state index in [4.69, 9.17) is 4.42 Å². The molecular formula is C11H16N2O2. The summed E-state index contributed by atoms with van der Waals surface area (Å²) in [6, 6.07) is 1.72. The fourth-order valence-electron chi connectivity index (χ4n) is 2.04. The molecule has 0 aliphatic carbocycles. The summed E-state index contributed by atoms with van der Waals surface area (Å²) in [6.45, 7) is 2.69. The van der Waals surface area contributed by atoms with Crippen molar-refractivity contribution in [1.82, 2.24) is 10.2 Å². The molecule has 2 rings (SSSR count). The molecule has 0 saturated carbocycles. The quantitative estimate of drug-likeness (QED) is 0.804. The van der Waals surface area contributed by atoms with Crippen LogP contribution in [0.2, 0.25) is 0 Å². The molecule has 0 bridgehead atoms. The highest BCUT2D eigenvalue weighted by Crippen LogP contribution is 2.18. The van der Waals surface area contributed by atoms with Gasteiger partial charge in [-0.25, -0.2) is 0 Å². The van der Waals surface area contributed by atoms with Crippen molar-refractivity contribution in [2.45, 2.75) is 6.42 Å². The first kappa shape index (κ1) is 10.2. The molecule has 1 atom stereocenters. The van der Waals surface area contributed by atoms with Gasteiger partial charge in [0.15, 0.2) is 0 Å². The van der Waals surface area contributed by atoms with Crippen molar-refractivity contribution >= 4 is 5.91 Å². The zero-order valence-corrected chi connectivity index (χ0v) is 8.90. The molecule has 4 nitrogen and oxygen atoms in total. The zero-order valence-electron chi connectivity index (χ0n) is 8.90. The van der Waals surface area contributed by atoms with Gasteiger partial charge in [0.2, 0.25) is 0 Å². The summed E-state index contributed by atoms with van der Waals surface area (Å²) >= 11 is 0. The van der Waals surface area contributed by atoms with E-state index in [2.05, 4.69) is 5.32 Å². The minimum absolute atomic E-state index is 0.0855. The normalized spacial score (nSPS) is 20.9. The van der Waals surface area contributed by atoms with Crippen LogP contribution < -0.4 is 5.32 Å². The van der Waals surface area contributed by atoms with Crippen molar-refractivity contribution in [3.8, 4) is 0 Å². The highest BCUT2D eigenvalue weighted by atomic mass is 16.3. The van der Waals surface area contributed by atoms with Crippen molar-refractivity contribution in [3.63, 3.8) is 0 Å². The van der Waals surface area contributed by atoms with Crippen molar-refractivity contribution in [3.05, 3.63) is 24.2 Å². The molecule has 1 unspecified atom stereocenters. The third-order valence-corrected chi connectivity index (χ3v) is 2.83. The Labute approximate surface area is 89.2 Å². The van der Waals surface area contributed by atoms with Gasteiger partial charge in [0, 0.05) is 13.1 Å². The molecule has 82 valence electrons. The maximum atomic E-state index is 11.9. The highest BCUT2D eigenvalue weighted by molar-refractivity contribution is 5.93. The zero-order chi connectivity index (χ0) is 10.7. The lowest BCUT2D eigenvalue weighted by molar-refractivity contribution is 0.0786.